The van der Waals surface area contributed by atoms with Gasteiger partial charge in [0.1, 0.15) is 17.2 Å². The number of halogens is 2. The predicted molar refractivity (Wildman–Crippen MR) is 103 cm³/mol. The summed E-state index contributed by atoms with van der Waals surface area (Å²) in [4.78, 5) is 23.1. The fraction of sp³-hybridized carbons (Fsp3) is 0.222. The van der Waals surface area contributed by atoms with Crippen molar-refractivity contribution in [1.82, 2.24) is 5.32 Å². The monoisotopic (exact) mass is 411 g/mol. The number of amides is 2. The molecule has 1 fully saturated rings. The van der Waals surface area contributed by atoms with Gasteiger partial charge in [-0.05, 0) is 43.2 Å². The van der Waals surface area contributed by atoms with Gasteiger partial charge in [0.25, 0.3) is 5.24 Å². The van der Waals surface area contributed by atoms with Gasteiger partial charge in [-0.2, -0.15) is 0 Å². The summed E-state index contributed by atoms with van der Waals surface area (Å²) < 4.78 is 11.5. The molecule has 5 nitrogen and oxygen atoms in total. The van der Waals surface area contributed by atoms with E-state index in [0.29, 0.717) is 40.3 Å². The number of nitrogens with one attached hydrogen (secondary N) is 1. The van der Waals surface area contributed by atoms with Crippen LogP contribution >= 0.6 is 35.0 Å². The van der Waals surface area contributed by atoms with Crippen molar-refractivity contribution >= 4 is 46.1 Å². The average Bonchev–Trinajstić information content (AvgIpc) is 2.90. The molecule has 1 heterocycles. The van der Waals surface area contributed by atoms with Crippen molar-refractivity contribution in [2.75, 3.05) is 6.61 Å². The SMILES string of the molecule is CCOc1cc(Oc2ccc(Cl)cc2Cl)ccc1CC1SC(=O)NC1=O. The van der Waals surface area contributed by atoms with Crippen LogP contribution in [-0.2, 0) is 11.2 Å². The van der Waals surface area contributed by atoms with Crippen LogP contribution in [0.25, 0.3) is 0 Å². The van der Waals surface area contributed by atoms with E-state index in [1.54, 1.807) is 30.3 Å². The Balaban J connectivity index is 1.82. The molecule has 1 aliphatic heterocycles. The molecule has 1 saturated heterocycles. The summed E-state index contributed by atoms with van der Waals surface area (Å²) in [5.74, 6) is 1.34. The Morgan fingerprint density at radius 1 is 1.12 bits per heavy atom. The molecule has 1 atom stereocenters. The van der Waals surface area contributed by atoms with Crippen LogP contribution in [0, 0.1) is 0 Å². The Kier molecular flexibility index (Phi) is 5.96. The Bertz CT molecular complexity index is 859. The maximum Gasteiger partial charge on any atom is 0.286 e. The van der Waals surface area contributed by atoms with Crippen LogP contribution < -0.4 is 14.8 Å². The van der Waals surface area contributed by atoms with Gasteiger partial charge in [0.05, 0.1) is 16.9 Å². The van der Waals surface area contributed by atoms with E-state index in [2.05, 4.69) is 5.32 Å². The second kappa shape index (κ2) is 8.20. The van der Waals surface area contributed by atoms with Gasteiger partial charge in [-0.3, -0.25) is 14.9 Å². The normalized spacial score (nSPS) is 16.5. The van der Waals surface area contributed by atoms with Crippen molar-refractivity contribution in [2.24, 2.45) is 0 Å². The predicted octanol–water partition coefficient (Wildman–Crippen LogP) is 5.08. The van der Waals surface area contributed by atoms with E-state index < -0.39 is 5.25 Å². The highest BCUT2D eigenvalue weighted by Crippen LogP contribution is 2.35. The summed E-state index contributed by atoms with van der Waals surface area (Å²) >= 11 is 13.0. The third kappa shape index (κ3) is 4.44. The summed E-state index contributed by atoms with van der Waals surface area (Å²) in [7, 11) is 0. The quantitative estimate of drug-likeness (QED) is 0.717. The van der Waals surface area contributed by atoms with Crippen molar-refractivity contribution < 1.29 is 19.1 Å². The number of imide groups is 1. The third-order valence-corrected chi connectivity index (χ3v) is 5.14. The summed E-state index contributed by atoms with van der Waals surface area (Å²) in [6, 6.07) is 10.3. The highest BCUT2D eigenvalue weighted by molar-refractivity contribution is 8.15. The molecule has 1 aliphatic rings. The van der Waals surface area contributed by atoms with Gasteiger partial charge in [0.15, 0.2) is 0 Å². The maximum atomic E-state index is 11.8. The molecular weight excluding hydrogens is 397 g/mol. The molecule has 0 saturated carbocycles. The Hall–Kier alpha value is -1.89. The first-order valence-corrected chi connectivity index (χ1v) is 9.50. The number of ether oxygens (including phenoxy) is 2. The van der Waals surface area contributed by atoms with Crippen LogP contribution in [0.15, 0.2) is 36.4 Å². The van der Waals surface area contributed by atoms with Crippen LogP contribution in [-0.4, -0.2) is 23.0 Å². The molecule has 136 valence electrons. The molecule has 2 aromatic carbocycles. The molecule has 0 aromatic heterocycles. The van der Waals surface area contributed by atoms with Crippen LogP contribution in [0.5, 0.6) is 17.2 Å². The van der Waals surface area contributed by atoms with Gasteiger partial charge in [0.2, 0.25) is 5.91 Å². The van der Waals surface area contributed by atoms with Gasteiger partial charge in [-0.1, -0.05) is 41.0 Å². The molecule has 3 rings (SSSR count). The molecule has 2 amide bonds. The minimum atomic E-state index is -0.459. The lowest BCUT2D eigenvalue weighted by Gasteiger charge is -2.14. The average molecular weight is 412 g/mol. The number of benzene rings is 2. The number of carbonyl (C=O) groups is 2. The lowest BCUT2D eigenvalue weighted by molar-refractivity contribution is -0.118. The van der Waals surface area contributed by atoms with Gasteiger partial charge < -0.3 is 9.47 Å². The maximum absolute atomic E-state index is 11.8. The zero-order valence-electron chi connectivity index (χ0n) is 13.8. The summed E-state index contributed by atoms with van der Waals surface area (Å²) in [5.41, 5.74) is 0.823. The minimum absolute atomic E-state index is 0.282. The van der Waals surface area contributed by atoms with Crippen LogP contribution in [0.3, 0.4) is 0 Å². The molecule has 26 heavy (non-hydrogen) atoms. The summed E-state index contributed by atoms with van der Waals surface area (Å²) in [6.45, 7) is 2.33. The van der Waals surface area contributed by atoms with Crippen LogP contribution in [0.2, 0.25) is 10.0 Å². The van der Waals surface area contributed by atoms with E-state index in [1.807, 2.05) is 13.0 Å². The minimum Gasteiger partial charge on any atom is -0.493 e. The second-order valence-electron chi connectivity index (χ2n) is 5.47. The summed E-state index contributed by atoms with van der Waals surface area (Å²) in [6.07, 6.45) is 0.388. The first-order chi connectivity index (χ1) is 12.5. The Morgan fingerprint density at radius 2 is 1.92 bits per heavy atom. The van der Waals surface area contributed by atoms with Crippen molar-refractivity contribution in [3.8, 4) is 17.2 Å². The highest BCUT2D eigenvalue weighted by atomic mass is 35.5. The van der Waals surface area contributed by atoms with E-state index in [1.165, 1.54) is 0 Å². The van der Waals surface area contributed by atoms with Crippen LogP contribution in [0.1, 0.15) is 12.5 Å². The number of rotatable bonds is 6. The van der Waals surface area contributed by atoms with E-state index in [-0.39, 0.29) is 11.1 Å². The largest absolute Gasteiger partial charge is 0.493 e. The highest BCUT2D eigenvalue weighted by Gasteiger charge is 2.32. The Labute approximate surface area is 165 Å². The molecule has 0 radical (unpaired) electrons. The molecule has 0 bridgehead atoms. The molecule has 0 aliphatic carbocycles. The number of thioether (sulfide) groups is 1. The number of hydrogen-bond donors (Lipinski definition) is 1. The lowest BCUT2D eigenvalue weighted by Crippen LogP contribution is -2.25. The number of hydrogen-bond acceptors (Lipinski definition) is 5. The van der Waals surface area contributed by atoms with Crippen molar-refractivity contribution in [3.63, 3.8) is 0 Å². The molecule has 1 N–H and O–H groups in total. The molecular formula is C18H15Cl2NO4S. The fourth-order valence-corrected chi connectivity index (χ4v) is 3.76. The van der Waals surface area contributed by atoms with Crippen molar-refractivity contribution in [2.45, 2.75) is 18.6 Å². The van der Waals surface area contributed by atoms with Crippen LogP contribution in [0.4, 0.5) is 4.79 Å². The van der Waals surface area contributed by atoms with E-state index in [9.17, 15) is 9.59 Å². The van der Waals surface area contributed by atoms with Gasteiger partial charge in [-0.15, -0.1) is 0 Å². The van der Waals surface area contributed by atoms with E-state index >= 15 is 0 Å². The van der Waals surface area contributed by atoms with E-state index in [4.69, 9.17) is 32.7 Å². The molecule has 2 aromatic rings. The zero-order valence-corrected chi connectivity index (χ0v) is 16.1. The molecule has 1 unspecified atom stereocenters. The third-order valence-electron chi connectivity index (χ3n) is 3.63. The summed E-state index contributed by atoms with van der Waals surface area (Å²) in [5, 5.41) is 2.43. The van der Waals surface area contributed by atoms with Crippen molar-refractivity contribution in [3.05, 3.63) is 52.0 Å². The van der Waals surface area contributed by atoms with Crippen molar-refractivity contribution in [1.29, 1.82) is 0 Å². The van der Waals surface area contributed by atoms with Gasteiger partial charge in [0, 0.05) is 11.1 Å². The molecule has 8 heteroatoms. The van der Waals surface area contributed by atoms with E-state index in [0.717, 1.165) is 17.3 Å². The fourth-order valence-electron chi connectivity index (χ4n) is 2.47. The number of carbonyl (C=O) groups excluding carboxylic acids is 2. The first-order valence-electron chi connectivity index (χ1n) is 7.86. The second-order valence-corrected chi connectivity index (χ2v) is 7.49. The van der Waals surface area contributed by atoms with Gasteiger partial charge >= 0.3 is 0 Å². The topological polar surface area (TPSA) is 64.6 Å². The zero-order chi connectivity index (χ0) is 18.7. The standard InChI is InChI=1S/C18H15Cl2NO4S/c1-2-24-15-9-12(25-14-6-4-11(19)8-13(14)20)5-3-10(15)7-16-17(22)21-18(23)26-16/h3-6,8-9,16H,2,7H2,1H3,(H,21,22,23). The smallest absolute Gasteiger partial charge is 0.286 e. The lowest BCUT2D eigenvalue weighted by atomic mass is 10.1. The van der Waals surface area contributed by atoms with Gasteiger partial charge in [-0.25, -0.2) is 0 Å². The first kappa shape index (κ1) is 18.9. The molecule has 0 spiro atoms. The Morgan fingerprint density at radius 3 is 2.58 bits per heavy atom.